The summed E-state index contributed by atoms with van der Waals surface area (Å²) in [6.07, 6.45) is -1.21. The molecule has 1 unspecified atom stereocenters. The summed E-state index contributed by atoms with van der Waals surface area (Å²) in [5, 5.41) is 12.9. The van der Waals surface area contributed by atoms with Crippen LogP contribution in [0.1, 0.15) is 84.7 Å². The third-order valence-corrected chi connectivity index (χ3v) is 9.30. The van der Waals surface area contributed by atoms with Crippen LogP contribution in [0.5, 0.6) is 0 Å². The highest BCUT2D eigenvalue weighted by Crippen LogP contribution is 2.34. The van der Waals surface area contributed by atoms with Gasteiger partial charge in [0.2, 0.25) is 0 Å². The summed E-state index contributed by atoms with van der Waals surface area (Å²) in [6, 6.07) is 6.09. The molecule has 0 saturated carbocycles. The molecule has 0 fully saturated rings. The van der Waals surface area contributed by atoms with Crippen LogP contribution in [0.2, 0.25) is 25.7 Å². The maximum Gasteiger partial charge on any atom is 0.490 e. The van der Waals surface area contributed by atoms with E-state index in [1.54, 1.807) is 6.07 Å². The van der Waals surface area contributed by atoms with E-state index in [0.717, 1.165) is 30.0 Å². The van der Waals surface area contributed by atoms with Gasteiger partial charge in [-0.1, -0.05) is 38.5 Å². The molecule has 298 valence electrons. The highest BCUT2D eigenvalue weighted by molar-refractivity contribution is 6.76. The second-order valence-electron chi connectivity index (χ2n) is 16.0. The summed E-state index contributed by atoms with van der Waals surface area (Å²) >= 11 is 0. The Labute approximate surface area is 310 Å². The van der Waals surface area contributed by atoms with Crippen LogP contribution >= 0.6 is 0 Å². The van der Waals surface area contributed by atoms with Crippen LogP contribution in [0.15, 0.2) is 24.4 Å². The molecule has 2 bridgehead atoms. The second-order valence-corrected chi connectivity index (χ2v) is 21.6. The molecule has 3 N–H and O–H groups in total. The van der Waals surface area contributed by atoms with Gasteiger partial charge in [-0.3, -0.25) is 10.1 Å². The Bertz CT molecular complexity index is 1560. The monoisotopic (exact) mass is 772 g/mol. The van der Waals surface area contributed by atoms with Gasteiger partial charge in [0.05, 0.1) is 24.8 Å². The van der Waals surface area contributed by atoms with Crippen molar-refractivity contribution in [1.82, 2.24) is 14.9 Å². The Morgan fingerprint density at radius 1 is 0.962 bits per heavy atom. The number of carboxylic acid groups (broad SMARTS) is 1. The largest absolute Gasteiger partial charge is 0.490 e. The van der Waals surface area contributed by atoms with Gasteiger partial charge in [-0.2, -0.15) is 13.2 Å². The second kappa shape index (κ2) is 18.8. The summed E-state index contributed by atoms with van der Waals surface area (Å²) in [5.74, 6) is -2.78. The van der Waals surface area contributed by atoms with Gasteiger partial charge in [0.15, 0.2) is 0 Å². The number of halogens is 3. The van der Waals surface area contributed by atoms with E-state index < -0.39 is 55.6 Å². The number of aliphatic carboxylic acids is 1. The summed E-state index contributed by atoms with van der Waals surface area (Å²) < 4.78 is 56.1. The van der Waals surface area contributed by atoms with Gasteiger partial charge in [-0.05, 0) is 84.5 Å². The highest BCUT2D eigenvalue weighted by atomic mass is 28.3. The van der Waals surface area contributed by atoms with Crippen molar-refractivity contribution < 1.29 is 56.4 Å². The molecule has 1 aliphatic heterocycles. The third-order valence-electron chi connectivity index (χ3n) is 7.59. The molecule has 17 heteroatoms. The minimum atomic E-state index is -5.08. The number of aromatic nitrogens is 2. The Hall–Kier alpha value is -4.12. The van der Waals surface area contributed by atoms with Crippen LogP contribution in [0.3, 0.4) is 0 Å². The number of imidazole rings is 1. The number of fused-ring (bicyclic) bond motifs is 4. The predicted octanol–water partition coefficient (Wildman–Crippen LogP) is 8.31. The number of nitrogens with one attached hydrogen (secondary N) is 2. The number of nitrogens with zero attached hydrogens (tertiary/aromatic N) is 2. The molecule has 1 aromatic carbocycles. The van der Waals surface area contributed by atoms with E-state index in [1.165, 1.54) is 7.11 Å². The molecule has 1 aromatic heterocycles. The van der Waals surface area contributed by atoms with Gasteiger partial charge in [0.1, 0.15) is 23.8 Å². The zero-order valence-electron chi connectivity index (χ0n) is 32.4. The normalized spacial score (nSPS) is 16.7. The standard InChI is InChI=1S/C34H54N4O7Si.C2HF3O2/c1-33(2,3)44-30(39)23-13-11-12-14-27(37-32(41)45-34(4,5)6)29-36-28(21-38(29)22-43-17-18-46(8,9)10)26-16-15-25(20-24(26)19-23)35-31(40)42-7;3-2(4,5)1(6)7/h15-16,20-21,23,27H,11-14,17-19,22H2,1-10H3,(H,35,40)(H,37,41);(H,6,7)/t23-,27?;/m0./s1. The number of benzene rings is 1. The average Bonchev–Trinajstić information content (AvgIpc) is 3.41. The number of amides is 2. The lowest BCUT2D eigenvalue weighted by Gasteiger charge is -2.26. The van der Waals surface area contributed by atoms with E-state index in [0.29, 0.717) is 43.1 Å². The number of carboxylic acids is 1. The Morgan fingerprint density at radius 2 is 1.57 bits per heavy atom. The molecule has 3 rings (SSSR count). The number of hydrogen-bond acceptors (Lipinski definition) is 9. The topological polar surface area (TPSA) is 167 Å². The van der Waals surface area contributed by atoms with Gasteiger partial charge in [-0.15, -0.1) is 0 Å². The molecule has 1 aliphatic rings. The molecule has 2 aromatic rings. The fraction of sp³-hybridized carbons (Fsp3) is 0.639. The number of methoxy groups -OCH3 is 1. The number of carbonyl (C=O) groups is 4. The molecule has 0 aliphatic carbocycles. The summed E-state index contributed by atoms with van der Waals surface area (Å²) in [4.78, 5) is 52.5. The maximum absolute atomic E-state index is 13.5. The van der Waals surface area contributed by atoms with Crippen molar-refractivity contribution in [3.8, 4) is 11.3 Å². The molecule has 53 heavy (non-hydrogen) atoms. The van der Waals surface area contributed by atoms with E-state index in [9.17, 15) is 27.6 Å². The molecule has 2 heterocycles. The van der Waals surface area contributed by atoms with E-state index in [4.69, 9.17) is 33.8 Å². The van der Waals surface area contributed by atoms with Crippen molar-refractivity contribution >= 4 is 37.9 Å². The van der Waals surface area contributed by atoms with E-state index >= 15 is 0 Å². The number of alkyl halides is 3. The average molecular weight is 773 g/mol. The SMILES string of the molecule is COC(=O)Nc1ccc2c(c1)C[C@@H](C(=O)OC(C)(C)C)CCCCC(NC(=O)OC(C)(C)C)c1nc-2cn1COCC[Si](C)(C)C.O=C(O)C(F)(F)F. The van der Waals surface area contributed by atoms with Gasteiger partial charge < -0.3 is 33.9 Å². The number of hydrogen-bond donors (Lipinski definition) is 3. The molecule has 0 spiro atoms. The van der Waals surface area contributed by atoms with Crippen molar-refractivity contribution in [2.75, 3.05) is 19.0 Å². The lowest BCUT2D eigenvalue weighted by atomic mass is 9.89. The number of rotatable bonds is 8. The quantitative estimate of drug-likeness (QED) is 0.103. The highest BCUT2D eigenvalue weighted by Gasteiger charge is 2.38. The number of ether oxygens (including phenoxy) is 4. The van der Waals surface area contributed by atoms with Crippen LogP contribution in [0, 0.1) is 5.92 Å². The predicted molar refractivity (Wildman–Crippen MR) is 195 cm³/mol. The minimum Gasteiger partial charge on any atom is -0.475 e. The zero-order chi connectivity index (χ0) is 40.4. The van der Waals surface area contributed by atoms with Crippen LogP contribution in [-0.4, -0.2) is 78.0 Å². The number of alkyl carbamates (subject to hydrolysis) is 1. The van der Waals surface area contributed by atoms with Crippen LogP contribution in [0.25, 0.3) is 11.3 Å². The maximum atomic E-state index is 13.5. The first-order valence-corrected chi connectivity index (χ1v) is 21.1. The van der Waals surface area contributed by atoms with Crippen molar-refractivity contribution in [3.63, 3.8) is 0 Å². The number of esters is 1. The van der Waals surface area contributed by atoms with E-state index in [2.05, 4.69) is 30.3 Å². The van der Waals surface area contributed by atoms with E-state index in [1.807, 2.05) is 64.4 Å². The van der Waals surface area contributed by atoms with Crippen molar-refractivity contribution in [2.45, 2.75) is 129 Å². The number of carbonyl (C=O) groups excluding carboxylic acids is 3. The molecule has 0 saturated heterocycles. The zero-order valence-corrected chi connectivity index (χ0v) is 33.4. The summed E-state index contributed by atoms with van der Waals surface area (Å²) in [7, 11) is 0.0116. The molecule has 2 amide bonds. The van der Waals surface area contributed by atoms with Crippen molar-refractivity contribution in [3.05, 3.63) is 35.8 Å². The molecular weight excluding hydrogens is 717 g/mol. The fourth-order valence-electron chi connectivity index (χ4n) is 5.15. The summed E-state index contributed by atoms with van der Waals surface area (Å²) in [5.41, 5.74) is 1.55. The lowest BCUT2D eigenvalue weighted by molar-refractivity contribution is -0.192. The molecule has 0 radical (unpaired) electrons. The number of anilines is 1. The van der Waals surface area contributed by atoms with Crippen molar-refractivity contribution in [2.24, 2.45) is 5.92 Å². The first kappa shape index (κ1) is 45.0. The first-order chi connectivity index (χ1) is 24.3. The Balaban J connectivity index is 0.00000126. The third kappa shape index (κ3) is 16.6. The van der Waals surface area contributed by atoms with E-state index in [-0.39, 0.29) is 12.7 Å². The lowest BCUT2D eigenvalue weighted by Crippen LogP contribution is -2.36. The van der Waals surface area contributed by atoms with Crippen LogP contribution in [0.4, 0.5) is 28.4 Å². The first-order valence-electron chi connectivity index (χ1n) is 17.4. The molecule has 2 atom stereocenters. The summed E-state index contributed by atoms with van der Waals surface area (Å²) in [6.45, 7) is 18.9. The smallest absolute Gasteiger partial charge is 0.475 e. The molecule has 13 nitrogen and oxygen atoms in total. The van der Waals surface area contributed by atoms with Gasteiger partial charge in [0.25, 0.3) is 0 Å². The van der Waals surface area contributed by atoms with Crippen LogP contribution < -0.4 is 10.6 Å². The van der Waals surface area contributed by atoms with Crippen LogP contribution in [-0.2, 0) is 41.7 Å². The van der Waals surface area contributed by atoms with Gasteiger partial charge in [0, 0.05) is 32.1 Å². The van der Waals surface area contributed by atoms with Gasteiger partial charge >= 0.3 is 30.3 Å². The Morgan fingerprint density at radius 3 is 2.11 bits per heavy atom. The Kier molecular flexibility index (Phi) is 15.9. The molecular formula is C36H55F3N4O9Si. The minimum absolute atomic E-state index is 0.271. The van der Waals surface area contributed by atoms with Crippen molar-refractivity contribution in [1.29, 1.82) is 0 Å². The fourth-order valence-corrected chi connectivity index (χ4v) is 5.91. The van der Waals surface area contributed by atoms with Gasteiger partial charge in [-0.25, -0.2) is 19.4 Å².